The van der Waals surface area contributed by atoms with Gasteiger partial charge in [-0.25, -0.2) is 9.59 Å². The van der Waals surface area contributed by atoms with Crippen LogP contribution in [-0.4, -0.2) is 22.2 Å². The molecule has 0 aromatic rings. The van der Waals surface area contributed by atoms with E-state index in [2.05, 4.69) is 6.92 Å². The largest absolute Gasteiger partial charge is 0.478 e. The number of hydrogen-bond acceptors (Lipinski definition) is 2. The lowest BCUT2D eigenvalue weighted by atomic mass is 9.88. The fraction of sp³-hybridized carbons (Fsp3) is 0.667. The van der Waals surface area contributed by atoms with E-state index in [0.29, 0.717) is 17.1 Å². The number of carboxylic acid groups (broad SMARTS) is 2. The summed E-state index contributed by atoms with van der Waals surface area (Å²) in [6, 6.07) is 0. The number of carbonyl (C=O) groups is 2. The van der Waals surface area contributed by atoms with Gasteiger partial charge in [0.1, 0.15) is 0 Å². The molecule has 1 rings (SSSR count). The number of allylic oxidation sites excluding steroid dienone is 2. The number of hydrogen-bond donors (Lipinski definition) is 2. The Morgan fingerprint density at radius 1 is 1.00 bits per heavy atom. The number of aliphatic carboxylic acids is 2. The molecule has 0 amide bonds. The van der Waals surface area contributed by atoms with Crippen LogP contribution in [0.5, 0.6) is 0 Å². The second kappa shape index (κ2) is 12.0. The Morgan fingerprint density at radius 3 is 2.00 bits per heavy atom. The van der Waals surface area contributed by atoms with E-state index >= 15 is 0 Å². The van der Waals surface area contributed by atoms with Crippen LogP contribution in [0.2, 0.25) is 0 Å². The molecule has 1 aliphatic rings. The Morgan fingerprint density at radius 2 is 1.55 bits per heavy atom. The van der Waals surface area contributed by atoms with Gasteiger partial charge in [0.25, 0.3) is 0 Å². The zero-order valence-corrected chi connectivity index (χ0v) is 14.1. The van der Waals surface area contributed by atoms with Crippen LogP contribution in [0.15, 0.2) is 23.3 Å². The molecular formula is C18H30O4. The number of rotatable bonds is 6. The molecule has 1 fully saturated rings. The van der Waals surface area contributed by atoms with Crippen LogP contribution in [0, 0.1) is 5.92 Å². The van der Waals surface area contributed by atoms with Crippen molar-refractivity contribution in [1.29, 1.82) is 0 Å². The van der Waals surface area contributed by atoms with E-state index in [1.54, 1.807) is 19.9 Å². The van der Waals surface area contributed by atoms with Gasteiger partial charge in [0.2, 0.25) is 0 Å². The minimum Gasteiger partial charge on any atom is -0.478 e. The molecule has 4 heteroatoms. The smallest absolute Gasteiger partial charge is 0.330 e. The molecule has 0 saturated heterocycles. The Bertz CT molecular complexity index is 401. The Kier molecular flexibility index (Phi) is 11.2. The third-order valence-electron chi connectivity index (χ3n) is 3.82. The van der Waals surface area contributed by atoms with Crippen LogP contribution in [0.25, 0.3) is 0 Å². The first-order valence-corrected chi connectivity index (χ1v) is 8.20. The van der Waals surface area contributed by atoms with Crippen LogP contribution >= 0.6 is 0 Å². The van der Waals surface area contributed by atoms with E-state index in [-0.39, 0.29) is 0 Å². The van der Waals surface area contributed by atoms with Crippen LogP contribution in [0.1, 0.15) is 72.1 Å². The van der Waals surface area contributed by atoms with Crippen molar-refractivity contribution in [2.75, 3.05) is 0 Å². The molecule has 0 bridgehead atoms. The predicted molar refractivity (Wildman–Crippen MR) is 88.9 cm³/mol. The molecule has 0 spiro atoms. The summed E-state index contributed by atoms with van der Waals surface area (Å²) >= 11 is 0. The first kappa shape index (κ1) is 20.4. The van der Waals surface area contributed by atoms with Gasteiger partial charge in [-0.1, -0.05) is 51.2 Å². The van der Waals surface area contributed by atoms with E-state index in [9.17, 15) is 9.59 Å². The summed E-state index contributed by atoms with van der Waals surface area (Å²) in [6.07, 6.45) is 12.9. The van der Waals surface area contributed by atoms with E-state index in [0.717, 1.165) is 19.3 Å². The summed E-state index contributed by atoms with van der Waals surface area (Å²) in [5.74, 6) is -1.06. The zero-order chi connectivity index (χ0) is 17.0. The summed E-state index contributed by atoms with van der Waals surface area (Å²) in [5, 5.41) is 17.1. The van der Waals surface area contributed by atoms with Gasteiger partial charge < -0.3 is 10.2 Å². The SMILES string of the molecule is C/C(=C\C1CCCCC1)C(=O)O.CCCC/C=C(\C)C(=O)O. The lowest BCUT2D eigenvalue weighted by Crippen LogP contribution is -2.06. The molecule has 1 saturated carbocycles. The highest BCUT2D eigenvalue weighted by atomic mass is 16.4. The van der Waals surface area contributed by atoms with Gasteiger partial charge in [0.15, 0.2) is 0 Å². The summed E-state index contributed by atoms with van der Waals surface area (Å²) < 4.78 is 0. The van der Waals surface area contributed by atoms with Crippen molar-refractivity contribution in [3.8, 4) is 0 Å². The van der Waals surface area contributed by atoms with Crippen molar-refractivity contribution in [3.63, 3.8) is 0 Å². The monoisotopic (exact) mass is 310 g/mol. The molecule has 1 aliphatic carbocycles. The molecule has 2 N–H and O–H groups in total. The topological polar surface area (TPSA) is 74.6 Å². The number of unbranched alkanes of at least 4 members (excludes halogenated alkanes) is 2. The number of carboxylic acids is 2. The molecule has 0 aromatic carbocycles. The summed E-state index contributed by atoms with van der Waals surface area (Å²) in [7, 11) is 0. The van der Waals surface area contributed by atoms with Crippen molar-refractivity contribution < 1.29 is 19.8 Å². The molecular weight excluding hydrogens is 280 g/mol. The van der Waals surface area contributed by atoms with Gasteiger partial charge in [-0.15, -0.1) is 0 Å². The van der Waals surface area contributed by atoms with Crippen LogP contribution in [0.4, 0.5) is 0 Å². The first-order valence-electron chi connectivity index (χ1n) is 8.20. The third kappa shape index (κ3) is 10.2. The van der Waals surface area contributed by atoms with E-state index in [1.165, 1.54) is 32.1 Å². The average molecular weight is 310 g/mol. The molecule has 0 atom stereocenters. The van der Waals surface area contributed by atoms with Crippen LogP contribution < -0.4 is 0 Å². The van der Waals surface area contributed by atoms with E-state index in [4.69, 9.17) is 10.2 Å². The van der Waals surface area contributed by atoms with Crippen molar-refractivity contribution in [2.45, 2.75) is 72.1 Å². The highest BCUT2D eigenvalue weighted by molar-refractivity contribution is 5.86. The average Bonchev–Trinajstić information content (AvgIpc) is 2.48. The Hall–Kier alpha value is -1.58. The van der Waals surface area contributed by atoms with E-state index < -0.39 is 11.9 Å². The second-order valence-corrected chi connectivity index (χ2v) is 5.89. The van der Waals surface area contributed by atoms with Crippen LogP contribution in [0.3, 0.4) is 0 Å². The molecule has 0 aliphatic heterocycles. The molecule has 126 valence electrons. The van der Waals surface area contributed by atoms with Crippen molar-refractivity contribution >= 4 is 11.9 Å². The third-order valence-corrected chi connectivity index (χ3v) is 3.82. The normalized spacial score (nSPS) is 16.7. The summed E-state index contributed by atoms with van der Waals surface area (Å²) in [6.45, 7) is 5.39. The highest BCUT2D eigenvalue weighted by Crippen LogP contribution is 2.25. The molecule has 0 heterocycles. The Balaban J connectivity index is 0.000000409. The van der Waals surface area contributed by atoms with Gasteiger partial charge in [-0.05, 0) is 39.0 Å². The standard InChI is InChI=1S/C10H16O2.C8H14O2/c1-8(10(11)12)7-9-5-3-2-4-6-9;1-3-4-5-6-7(2)8(9)10/h7,9H,2-6H2,1H3,(H,11,12);6H,3-5H2,1-2H3,(H,9,10)/b8-7+;7-6+. The molecule has 0 unspecified atom stereocenters. The summed E-state index contributed by atoms with van der Waals surface area (Å²) in [5.41, 5.74) is 0.954. The van der Waals surface area contributed by atoms with Gasteiger partial charge >= 0.3 is 11.9 Å². The summed E-state index contributed by atoms with van der Waals surface area (Å²) in [4.78, 5) is 20.7. The van der Waals surface area contributed by atoms with Gasteiger partial charge in [-0.3, -0.25) is 0 Å². The van der Waals surface area contributed by atoms with Gasteiger partial charge in [0.05, 0.1) is 0 Å². The maximum absolute atomic E-state index is 10.5. The molecule has 4 nitrogen and oxygen atoms in total. The molecule has 0 radical (unpaired) electrons. The van der Waals surface area contributed by atoms with Gasteiger partial charge in [-0.2, -0.15) is 0 Å². The zero-order valence-electron chi connectivity index (χ0n) is 14.1. The Labute approximate surface area is 133 Å². The lowest BCUT2D eigenvalue weighted by molar-refractivity contribution is -0.133. The van der Waals surface area contributed by atoms with Crippen molar-refractivity contribution in [1.82, 2.24) is 0 Å². The quantitative estimate of drug-likeness (QED) is 0.545. The van der Waals surface area contributed by atoms with Crippen LogP contribution in [-0.2, 0) is 9.59 Å². The second-order valence-electron chi connectivity index (χ2n) is 5.89. The lowest BCUT2D eigenvalue weighted by Gasteiger charge is -2.18. The predicted octanol–water partition coefficient (Wildman–Crippen LogP) is 4.81. The minimum atomic E-state index is -0.809. The van der Waals surface area contributed by atoms with Crippen molar-refractivity contribution in [3.05, 3.63) is 23.3 Å². The minimum absolute atomic E-state index is 0.452. The maximum Gasteiger partial charge on any atom is 0.330 e. The van der Waals surface area contributed by atoms with Crippen molar-refractivity contribution in [2.24, 2.45) is 5.92 Å². The van der Waals surface area contributed by atoms with Gasteiger partial charge in [0, 0.05) is 11.1 Å². The fourth-order valence-corrected chi connectivity index (χ4v) is 2.34. The molecule has 22 heavy (non-hydrogen) atoms. The highest BCUT2D eigenvalue weighted by Gasteiger charge is 2.12. The van der Waals surface area contributed by atoms with E-state index in [1.807, 2.05) is 6.08 Å². The first-order chi connectivity index (χ1) is 10.4. The fourth-order valence-electron chi connectivity index (χ4n) is 2.34. The maximum atomic E-state index is 10.5. The molecule has 0 aromatic heterocycles.